The van der Waals surface area contributed by atoms with Gasteiger partial charge in [-0.05, 0) is 38.7 Å². The van der Waals surface area contributed by atoms with Crippen molar-refractivity contribution >= 4 is 23.0 Å². The molecular formula is C15H16N6OS. The lowest BCUT2D eigenvalue weighted by Crippen LogP contribution is -2.30. The summed E-state index contributed by atoms with van der Waals surface area (Å²) in [4.78, 5) is 25.4. The average Bonchev–Trinajstić information content (AvgIpc) is 3.11. The monoisotopic (exact) mass is 328 g/mol. The molecule has 1 aliphatic carbocycles. The van der Waals surface area contributed by atoms with E-state index in [2.05, 4.69) is 25.4 Å². The standard InChI is InChI=1S/C15H16N6OS/c1-8-7-23-14(17-8)11(10-3-4-10)18-13(22)12-19-15-16-6-5-9(2)21(15)20-12/h5-7,10-11H,3-4H2,1-2H3,(H,18,22)/t11-/m1/s1. The minimum absolute atomic E-state index is 0.0538. The largest absolute Gasteiger partial charge is 0.340 e. The van der Waals surface area contributed by atoms with Crippen LogP contribution in [0.15, 0.2) is 17.6 Å². The number of rotatable bonds is 4. The molecule has 1 N–H and O–H groups in total. The second-order valence-corrected chi connectivity index (χ2v) is 6.74. The molecule has 3 aromatic rings. The van der Waals surface area contributed by atoms with E-state index in [4.69, 9.17) is 0 Å². The quantitative estimate of drug-likeness (QED) is 0.792. The average molecular weight is 328 g/mol. The van der Waals surface area contributed by atoms with Crippen molar-refractivity contribution in [3.63, 3.8) is 0 Å². The van der Waals surface area contributed by atoms with Crippen LogP contribution in [0.25, 0.3) is 5.78 Å². The van der Waals surface area contributed by atoms with Gasteiger partial charge in [-0.15, -0.1) is 16.4 Å². The highest BCUT2D eigenvalue weighted by Crippen LogP contribution is 2.41. The third-order valence-corrected chi connectivity index (χ3v) is 4.96. The zero-order chi connectivity index (χ0) is 16.0. The molecule has 7 nitrogen and oxygen atoms in total. The SMILES string of the molecule is Cc1csc([C@H](NC(=O)c2nc3nccc(C)n3n2)C2CC2)n1. The molecule has 0 saturated heterocycles. The Labute approximate surface area is 136 Å². The third-order valence-electron chi connectivity index (χ3n) is 3.92. The van der Waals surface area contributed by atoms with Crippen LogP contribution < -0.4 is 5.32 Å². The van der Waals surface area contributed by atoms with Gasteiger partial charge in [0.1, 0.15) is 5.01 Å². The Morgan fingerprint density at radius 2 is 2.22 bits per heavy atom. The summed E-state index contributed by atoms with van der Waals surface area (Å²) in [6, 6.07) is 1.77. The molecule has 23 heavy (non-hydrogen) atoms. The first kappa shape index (κ1) is 14.3. The number of carbonyl (C=O) groups excluding carboxylic acids is 1. The number of thiazole rings is 1. The lowest BCUT2D eigenvalue weighted by molar-refractivity contribution is 0.0921. The van der Waals surface area contributed by atoms with Gasteiger partial charge in [0.05, 0.1) is 6.04 Å². The van der Waals surface area contributed by atoms with Crippen LogP contribution >= 0.6 is 11.3 Å². The summed E-state index contributed by atoms with van der Waals surface area (Å²) in [5, 5.41) is 10.3. The number of hydrogen-bond donors (Lipinski definition) is 1. The van der Waals surface area contributed by atoms with Gasteiger partial charge in [-0.1, -0.05) is 0 Å². The van der Waals surface area contributed by atoms with Crippen molar-refractivity contribution in [2.45, 2.75) is 32.7 Å². The second kappa shape index (κ2) is 5.38. The first-order chi connectivity index (χ1) is 11.1. The summed E-state index contributed by atoms with van der Waals surface area (Å²) in [5.41, 5.74) is 1.87. The predicted molar refractivity (Wildman–Crippen MR) is 85.3 cm³/mol. The summed E-state index contributed by atoms with van der Waals surface area (Å²) in [6.07, 6.45) is 3.89. The third kappa shape index (κ3) is 2.70. The Balaban J connectivity index is 1.61. The second-order valence-electron chi connectivity index (χ2n) is 5.85. The Bertz CT molecular complexity index is 881. The first-order valence-corrected chi connectivity index (χ1v) is 8.41. The molecule has 0 aliphatic heterocycles. The van der Waals surface area contributed by atoms with Crippen molar-refractivity contribution in [2.24, 2.45) is 5.92 Å². The van der Waals surface area contributed by atoms with Crippen molar-refractivity contribution in [1.29, 1.82) is 0 Å². The molecule has 0 spiro atoms. The van der Waals surface area contributed by atoms with Gasteiger partial charge >= 0.3 is 0 Å². The molecule has 1 atom stereocenters. The maximum atomic E-state index is 12.5. The fourth-order valence-corrected chi connectivity index (χ4v) is 3.47. The first-order valence-electron chi connectivity index (χ1n) is 7.53. The number of amides is 1. The van der Waals surface area contributed by atoms with Crippen LogP contribution in [0.2, 0.25) is 0 Å². The number of nitrogens with one attached hydrogen (secondary N) is 1. The van der Waals surface area contributed by atoms with Gasteiger partial charge in [-0.3, -0.25) is 4.79 Å². The Morgan fingerprint density at radius 3 is 2.87 bits per heavy atom. The van der Waals surface area contributed by atoms with E-state index in [0.717, 1.165) is 29.2 Å². The van der Waals surface area contributed by atoms with Crippen LogP contribution in [0.5, 0.6) is 0 Å². The molecule has 0 unspecified atom stereocenters. The minimum Gasteiger partial charge on any atom is -0.340 e. The molecule has 118 valence electrons. The zero-order valence-electron chi connectivity index (χ0n) is 12.9. The molecule has 1 saturated carbocycles. The number of nitrogens with zero attached hydrogens (tertiary/aromatic N) is 5. The highest BCUT2D eigenvalue weighted by molar-refractivity contribution is 7.09. The fourth-order valence-electron chi connectivity index (χ4n) is 2.53. The number of hydrogen-bond acceptors (Lipinski definition) is 6. The van der Waals surface area contributed by atoms with Crippen LogP contribution in [-0.2, 0) is 0 Å². The van der Waals surface area contributed by atoms with Crippen LogP contribution in [-0.4, -0.2) is 30.5 Å². The highest BCUT2D eigenvalue weighted by Gasteiger charge is 2.36. The summed E-state index contributed by atoms with van der Waals surface area (Å²) in [5.74, 6) is 0.759. The van der Waals surface area contributed by atoms with Crippen molar-refractivity contribution in [1.82, 2.24) is 29.9 Å². The van der Waals surface area contributed by atoms with E-state index in [1.807, 2.05) is 25.3 Å². The van der Waals surface area contributed by atoms with Gasteiger partial charge in [0.15, 0.2) is 0 Å². The summed E-state index contributed by atoms with van der Waals surface area (Å²) < 4.78 is 1.58. The van der Waals surface area contributed by atoms with Crippen molar-refractivity contribution in [3.05, 3.63) is 39.9 Å². The van der Waals surface area contributed by atoms with Crippen LogP contribution in [0.4, 0.5) is 0 Å². The summed E-state index contributed by atoms with van der Waals surface area (Å²) >= 11 is 1.59. The van der Waals surface area contributed by atoms with Crippen molar-refractivity contribution in [2.75, 3.05) is 0 Å². The van der Waals surface area contributed by atoms with E-state index in [1.54, 1.807) is 22.0 Å². The van der Waals surface area contributed by atoms with E-state index in [0.29, 0.717) is 11.7 Å². The normalized spacial score (nSPS) is 15.7. The molecule has 0 radical (unpaired) electrons. The molecule has 0 aromatic carbocycles. The van der Waals surface area contributed by atoms with Crippen LogP contribution in [0, 0.1) is 19.8 Å². The Hall–Kier alpha value is -2.35. The van der Waals surface area contributed by atoms with Gasteiger partial charge in [0, 0.05) is 23.0 Å². The Kier molecular flexibility index (Phi) is 3.33. The van der Waals surface area contributed by atoms with Gasteiger partial charge in [-0.2, -0.15) is 4.98 Å². The lowest BCUT2D eigenvalue weighted by Gasteiger charge is -2.14. The summed E-state index contributed by atoms with van der Waals surface area (Å²) in [7, 11) is 0. The highest BCUT2D eigenvalue weighted by atomic mass is 32.1. The summed E-state index contributed by atoms with van der Waals surface area (Å²) in [6.45, 7) is 3.86. The smallest absolute Gasteiger partial charge is 0.291 e. The number of aromatic nitrogens is 5. The minimum atomic E-state index is -0.278. The maximum absolute atomic E-state index is 12.5. The number of carbonyl (C=O) groups is 1. The van der Waals surface area contributed by atoms with Crippen LogP contribution in [0.3, 0.4) is 0 Å². The van der Waals surface area contributed by atoms with Crippen molar-refractivity contribution < 1.29 is 4.79 Å². The van der Waals surface area contributed by atoms with E-state index < -0.39 is 0 Å². The maximum Gasteiger partial charge on any atom is 0.291 e. The van der Waals surface area contributed by atoms with Crippen molar-refractivity contribution in [3.8, 4) is 0 Å². The lowest BCUT2D eigenvalue weighted by atomic mass is 10.2. The predicted octanol–water partition coefficient (Wildman–Crippen LogP) is 2.08. The van der Waals surface area contributed by atoms with E-state index in [1.165, 1.54) is 0 Å². The van der Waals surface area contributed by atoms with E-state index in [-0.39, 0.29) is 17.8 Å². The van der Waals surface area contributed by atoms with E-state index in [9.17, 15) is 4.79 Å². The van der Waals surface area contributed by atoms with Gasteiger partial charge in [0.2, 0.25) is 5.82 Å². The van der Waals surface area contributed by atoms with E-state index >= 15 is 0 Å². The molecule has 1 aliphatic rings. The zero-order valence-corrected chi connectivity index (χ0v) is 13.7. The molecule has 3 aromatic heterocycles. The topological polar surface area (TPSA) is 85.1 Å². The van der Waals surface area contributed by atoms with Gasteiger partial charge in [0.25, 0.3) is 11.7 Å². The van der Waals surface area contributed by atoms with Gasteiger partial charge in [-0.25, -0.2) is 14.5 Å². The molecule has 1 amide bonds. The number of fused-ring (bicyclic) bond motifs is 1. The fraction of sp³-hybridized carbons (Fsp3) is 0.400. The number of aryl methyl sites for hydroxylation is 2. The van der Waals surface area contributed by atoms with Gasteiger partial charge < -0.3 is 5.32 Å². The molecular weight excluding hydrogens is 312 g/mol. The Morgan fingerprint density at radius 1 is 1.39 bits per heavy atom. The van der Waals surface area contributed by atoms with Crippen LogP contribution in [0.1, 0.15) is 45.9 Å². The molecule has 1 fully saturated rings. The molecule has 0 bridgehead atoms. The molecule has 8 heteroatoms. The molecule has 3 heterocycles. The molecule has 4 rings (SSSR count).